The number of benzene rings is 3. The summed E-state index contributed by atoms with van der Waals surface area (Å²) in [7, 11) is 3.16. The maximum atomic E-state index is 13.3. The van der Waals surface area contributed by atoms with Crippen LogP contribution in [0.2, 0.25) is 0 Å². The van der Waals surface area contributed by atoms with Crippen molar-refractivity contribution in [3.8, 4) is 45.6 Å². The average Bonchev–Trinajstić information content (AvgIpc) is 3.59. The summed E-state index contributed by atoms with van der Waals surface area (Å²) < 4.78 is 41.1. The Bertz CT molecular complexity index is 1410. The Kier molecular flexibility index (Phi) is 5.59. The van der Waals surface area contributed by atoms with Crippen LogP contribution in [0.5, 0.6) is 34.5 Å². The Morgan fingerprint density at radius 2 is 1.51 bits per heavy atom. The number of carbonyl (C=O) groups is 1. The number of ether oxygens (including phenoxy) is 7. The molecule has 2 atom stereocenters. The van der Waals surface area contributed by atoms with Crippen molar-refractivity contribution in [2.45, 2.75) is 19.4 Å². The molecule has 0 aromatic heterocycles. The molecule has 0 bridgehead atoms. The van der Waals surface area contributed by atoms with E-state index in [9.17, 15) is 4.79 Å². The van der Waals surface area contributed by atoms with Crippen LogP contribution in [0, 0.1) is 5.92 Å². The second kappa shape index (κ2) is 8.96. The highest BCUT2D eigenvalue weighted by atomic mass is 16.7. The predicted octanol–water partition coefficient (Wildman–Crippen LogP) is 5.47. The lowest BCUT2D eigenvalue weighted by Gasteiger charge is -2.32. The number of methoxy groups -OCH3 is 2. The van der Waals surface area contributed by atoms with E-state index < -0.39 is 12.1 Å². The van der Waals surface area contributed by atoms with E-state index in [0.717, 1.165) is 16.7 Å². The minimum Gasteiger partial charge on any atom is -0.492 e. The fraction of sp³-hybridized carbons (Fsp3) is 0.276. The first kappa shape index (κ1) is 23.1. The molecule has 0 N–H and O–H groups in total. The number of carbonyl (C=O) groups excluding carboxylic acids is 1. The van der Waals surface area contributed by atoms with Crippen LogP contribution in [0.25, 0.3) is 11.1 Å². The monoisotopic (exact) mass is 502 g/mol. The zero-order valence-electron chi connectivity index (χ0n) is 20.8. The molecule has 0 fully saturated rings. The van der Waals surface area contributed by atoms with Crippen LogP contribution in [-0.2, 0) is 11.2 Å². The molecule has 0 unspecified atom stereocenters. The third kappa shape index (κ3) is 3.63. The van der Waals surface area contributed by atoms with Gasteiger partial charge in [0.1, 0.15) is 6.10 Å². The SMILES string of the molecule is C=C1[C@H](C)Cc2cc3c(c(OC)c2-c2c(cc4c(c2OC)OCO4)[C@@H]1OC(=O)c1ccccc1)OCO3. The van der Waals surface area contributed by atoms with Crippen molar-refractivity contribution >= 4 is 5.97 Å². The molecule has 1 aliphatic carbocycles. The maximum Gasteiger partial charge on any atom is 0.339 e. The molecule has 37 heavy (non-hydrogen) atoms. The van der Waals surface area contributed by atoms with Gasteiger partial charge in [0.2, 0.25) is 25.1 Å². The van der Waals surface area contributed by atoms with E-state index in [0.29, 0.717) is 57.6 Å². The Hall–Kier alpha value is -4.33. The number of fused-ring (bicyclic) bond motifs is 5. The smallest absolute Gasteiger partial charge is 0.339 e. The fourth-order valence-electron chi connectivity index (χ4n) is 5.19. The Morgan fingerprint density at radius 1 is 0.892 bits per heavy atom. The molecule has 3 aromatic rings. The van der Waals surface area contributed by atoms with E-state index in [1.807, 2.05) is 18.2 Å². The van der Waals surface area contributed by atoms with Gasteiger partial charge >= 0.3 is 5.97 Å². The van der Waals surface area contributed by atoms with Gasteiger partial charge in [-0.2, -0.15) is 0 Å². The van der Waals surface area contributed by atoms with E-state index in [-0.39, 0.29) is 19.5 Å². The Labute approximate surface area is 214 Å². The van der Waals surface area contributed by atoms with Gasteiger partial charge < -0.3 is 33.2 Å². The molecular weight excluding hydrogens is 476 g/mol. The van der Waals surface area contributed by atoms with Crippen molar-refractivity contribution in [3.63, 3.8) is 0 Å². The van der Waals surface area contributed by atoms with Gasteiger partial charge in [-0.15, -0.1) is 0 Å². The molecule has 3 aliphatic rings. The Morgan fingerprint density at radius 3 is 2.16 bits per heavy atom. The molecule has 0 saturated carbocycles. The van der Waals surface area contributed by atoms with Gasteiger partial charge in [0.05, 0.1) is 19.8 Å². The molecule has 190 valence electrons. The van der Waals surface area contributed by atoms with Gasteiger partial charge in [0.15, 0.2) is 23.0 Å². The van der Waals surface area contributed by atoms with Crippen LogP contribution in [0.15, 0.2) is 54.6 Å². The standard InChI is InChI=1S/C29H26O8/c1-15-10-18-11-20-25(35-13-33-20)27(31-3)22(18)23-19(12-21-26(28(23)32-4)36-14-34-21)24(16(15)2)37-29(30)17-8-6-5-7-9-17/h5-9,11-12,15,24H,2,10,13-14H2,1,3-4H3/t15-,24-/m1/s1. The van der Waals surface area contributed by atoms with E-state index in [2.05, 4.69) is 13.5 Å². The normalized spacial score (nSPS) is 18.8. The molecule has 8 heteroatoms. The van der Waals surface area contributed by atoms with Crippen LogP contribution in [0.1, 0.15) is 34.5 Å². The second-order valence-corrected chi connectivity index (χ2v) is 9.12. The molecular formula is C29H26O8. The molecule has 3 aromatic carbocycles. The second-order valence-electron chi connectivity index (χ2n) is 9.12. The summed E-state index contributed by atoms with van der Waals surface area (Å²) in [6.45, 7) is 6.58. The average molecular weight is 503 g/mol. The van der Waals surface area contributed by atoms with Crippen LogP contribution >= 0.6 is 0 Å². The van der Waals surface area contributed by atoms with Gasteiger partial charge in [0, 0.05) is 16.7 Å². The number of rotatable bonds is 4. The van der Waals surface area contributed by atoms with Crippen LogP contribution < -0.4 is 28.4 Å². The van der Waals surface area contributed by atoms with Crippen molar-refractivity contribution < 1.29 is 38.0 Å². The predicted molar refractivity (Wildman–Crippen MR) is 134 cm³/mol. The lowest BCUT2D eigenvalue weighted by Crippen LogP contribution is -2.21. The first-order valence-electron chi connectivity index (χ1n) is 12.0. The highest BCUT2D eigenvalue weighted by Gasteiger charge is 2.39. The van der Waals surface area contributed by atoms with E-state index >= 15 is 0 Å². The summed E-state index contributed by atoms with van der Waals surface area (Å²) in [5.41, 5.74) is 4.23. The molecule has 0 amide bonds. The minimum absolute atomic E-state index is 0.0472. The summed E-state index contributed by atoms with van der Waals surface area (Å²) in [6.07, 6.45) is -0.193. The van der Waals surface area contributed by atoms with Crippen molar-refractivity contribution in [2.75, 3.05) is 27.8 Å². The first-order valence-corrected chi connectivity index (χ1v) is 12.0. The van der Waals surface area contributed by atoms with Crippen LogP contribution in [0.4, 0.5) is 0 Å². The number of esters is 1. The molecule has 2 heterocycles. The topological polar surface area (TPSA) is 81.7 Å². The highest BCUT2D eigenvalue weighted by Crippen LogP contribution is 2.59. The lowest BCUT2D eigenvalue weighted by atomic mass is 9.78. The summed E-state index contributed by atoms with van der Waals surface area (Å²) in [5, 5.41) is 0. The zero-order chi connectivity index (χ0) is 25.7. The van der Waals surface area contributed by atoms with Crippen LogP contribution in [0.3, 0.4) is 0 Å². The summed E-state index contributed by atoms with van der Waals surface area (Å²) in [4.78, 5) is 13.3. The molecule has 0 spiro atoms. The largest absolute Gasteiger partial charge is 0.492 e. The van der Waals surface area contributed by atoms with Gasteiger partial charge in [-0.1, -0.05) is 31.7 Å². The molecule has 2 aliphatic heterocycles. The van der Waals surface area contributed by atoms with Crippen molar-refractivity contribution in [3.05, 3.63) is 71.3 Å². The number of hydrogen-bond acceptors (Lipinski definition) is 8. The van der Waals surface area contributed by atoms with E-state index in [1.54, 1.807) is 38.5 Å². The van der Waals surface area contributed by atoms with E-state index in [4.69, 9.17) is 33.2 Å². The highest BCUT2D eigenvalue weighted by molar-refractivity contribution is 5.92. The van der Waals surface area contributed by atoms with Gasteiger partial charge in [-0.05, 0) is 47.7 Å². The van der Waals surface area contributed by atoms with Crippen molar-refractivity contribution in [1.82, 2.24) is 0 Å². The molecule has 0 saturated heterocycles. The minimum atomic E-state index is -0.788. The fourth-order valence-corrected chi connectivity index (χ4v) is 5.19. The van der Waals surface area contributed by atoms with Gasteiger partial charge in [-0.25, -0.2) is 4.79 Å². The third-order valence-electron chi connectivity index (χ3n) is 7.02. The number of hydrogen-bond donors (Lipinski definition) is 0. The van der Waals surface area contributed by atoms with Crippen molar-refractivity contribution in [1.29, 1.82) is 0 Å². The van der Waals surface area contributed by atoms with Gasteiger partial charge in [0.25, 0.3) is 0 Å². The maximum absolute atomic E-state index is 13.3. The van der Waals surface area contributed by atoms with Gasteiger partial charge in [-0.3, -0.25) is 0 Å². The third-order valence-corrected chi connectivity index (χ3v) is 7.02. The summed E-state index contributed by atoms with van der Waals surface area (Å²) >= 11 is 0. The summed E-state index contributed by atoms with van der Waals surface area (Å²) in [5.74, 6) is 2.54. The van der Waals surface area contributed by atoms with Crippen LogP contribution in [-0.4, -0.2) is 33.8 Å². The quantitative estimate of drug-likeness (QED) is 0.343. The molecule has 6 rings (SSSR count). The molecule has 0 radical (unpaired) electrons. The summed E-state index contributed by atoms with van der Waals surface area (Å²) in [6, 6.07) is 12.7. The first-order chi connectivity index (χ1) is 18.0. The lowest BCUT2D eigenvalue weighted by molar-refractivity contribution is 0.0354. The van der Waals surface area contributed by atoms with E-state index in [1.165, 1.54) is 0 Å². The van der Waals surface area contributed by atoms with Crippen molar-refractivity contribution in [2.24, 2.45) is 5.92 Å². The molecule has 8 nitrogen and oxygen atoms in total. The Balaban J connectivity index is 1.64. The zero-order valence-corrected chi connectivity index (χ0v) is 20.8.